The predicted molar refractivity (Wildman–Crippen MR) is 14.9 cm³/mol. The van der Waals surface area contributed by atoms with Crippen LogP contribution in [0, 0.1) is 0 Å². The highest BCUT2D eigenvalue weighted by Gasteiger charge is 1.87. The first-order chi connectivity index (χ1) is 1.73. The summed E-state index contributed by atoms with van der Waals surface area (Å²) in [5, 5.41) is 0. The van der Waals surface area contributed by atoms with Crippen LogP contribution in [0.4, 0.5) is 4.11 Å². The van der Waals surface area contributed by atoms with Crippen molar-refractivity contribution in [3.8, 4) is 0 Å². The van der Waals surface area contributed by atoms with Crippen LogP contribution in [0.15, 0.2) is 0 Å². The van der Waals surface area contributed by atoms with Gasteiger partial charge in [-0.2, -0.15) is 0 Å². The monoisotopic (exact) mass is 79.0 g/mol. The van der Waals surface area contributed by atoms with E-state index in [4.69, 9.17) is 4.80 Å². The van der Waals surface area contributed by atoms with Gasteiger partial charge in [-0.1, -0.05) is 0 Å². The maximum absolute atomic E-state index is 10.7. The zero-order valence-corrected chi connectivity index (χ0v) is 3.33. The fourth-order valence-electron chi connectivity index (χ4n) is 0. The molecule has 0 aliphatic rings. The maximum atomic E-state index is 10.7. The van der Waals surface area contributed by atoms with Gasteiger partial charge in [0.15, 0.2) is 0 Å². The zero-order valence-electron chi connectivity index (χ0n) is 2.33. The Morgan fingerprint density at radius 3 is 2.00 bits per heavy atom. The molecule has 0 bridgehead atoms. The molecular formula is CH4FOSi. The van der Waals surface area contributed by atoms with Gasteiger partial charge in [-0.05, 0) is 6.55 Å². The van der Waals surface area contributed by atoms with Crippen LogP contribution < -0.4 is 0 Å². The number of hydrogen-bond acceptors (Lipinski definition) is 1. The van der Waals surface area contributed by atoms with E-state index in [1.165, 1.54) is 0 Å². The summed E-state index contributed by atoms with van der Waals surface area (Å²) in [7, 11) is -2.38. The van der Waals surface area contributed by atoms with Crippen molar-refractivity contribution >= 4 is 9.37 Å². The Labute approximate surface area is 26.0 Å². The fourth-order valence-corrected chi connectivity index (χ4v) is 0. The topological polar surface area (TPSA) is 20.2 Å². The Hall–Kier alpha value is 0.107. The van der Waals surface area contributed by atoms with Crippen molar-refractivity contribution in [1.82, 2.24) is 0 Å². The first-order valence-corrected chi connectivity index (χ1v) is 2.74. The molecule has 0 saturated heterocycles. The van der Waals surface area contributed by atoms with Gasteiger partial charge in [0.05, 0.1) is 0 Å². The molecule has 4 heavy (non-hydrogen) atoms. The second-order valence-corrected chi connectivity index (χ2v) is 1.49. The predicted octanol–water partition coefficient (Wildman–Crippen LogP) is 0.0662. The summed E-state index contributed by atoms with van der Waals surface area (Å²) in [6, 6.07) is 0. The average Bonchev–Trinajstić information content (AvgIpc) is 0.811. The van der Waals surface area contributed by atoms with Crippen LogP contribution in [0.3, 0.4) is 0 Å². The van der Waals surface area contributed by atoms with Gasteiger partial charge in [0.2, 0.25) is 0 Å². The van der Waals surface area contributed by atoms with Crippen LogP contribution in [-0.2, 0) is 0 Å². The summed E-state index contributed by atoms with van der Waals surface area (Å²) < 4.78 is 10.7. The highest BCUT2D eigenvalue weighted by molar-refractivity contribution is 6.39. The van der Waals surface area contributed by atoms with E-state index in [2.05, 4.69) is 0 Å². The lowest BCUT2D eigenvalue weighted by Gasteiger charge is -1.68. The summed E-state index contributed by atoms with van der Waals surface area (Å²) in [6.07, 6.45) is 0. The Morgan fingerprint density at radius 1 is 2.00 bits per heavy atom. The van der Waals surface area contributed by atoms with E-state index >= 15 is 0 Å². The molecule has 0 heterocycles. The van der Waals surface area contributed by atoms with Crippen molar-refractivity contribution in [1.29, 1.82) is 0 Å². The molecule has 0 amide bonds. The van der Waals surface area contributed by atoms with Crippen LogP contribution in [0.2, 0.25) is 6.55 Å². The second kappa shape index (κ2) is 1.43. The standard InChI is InChI=1S/CH4FOSi/c1-4(2)3/h3H,1H3. The molecule has 0 atom stereocenters. The van der Waals surface area contributed by atoms with Gasteiger partial charge in [0, 0.05) is 0 Å². The van der Waals surface area contributed by atoms with Crippen LogP contribution in [0.5, 0.6) is 0 Å². The number of hydrogen-bond donors (Lipinski definition) is 1. The van der Waals surface area contributed by atoms with Gasteiger partial charge in [-0.25, -0.2) is 0 Å². The molecule has 0 fully saturated rings. The lowest BCUT2D eigenvalue weighted by atomic mass is 11.9. The first kappa shape index (κ1) is 4.11. The molecule has 0 spiro atoms. The van der Waals surface area contributed by atoms with E-state index in [1.54, 1.807) is 0 Å². The molecule has 0 saturated carbocycles. The molecule has 0 rings (SSSR count). The first-order valence-electron chi connectivity index (χ1n) is 0.913. The van der Waals surface area contributed by atoms with Gasteiger partial charge >= 0.3 is 9.37 Å². The highest BCUT2D eigenvalue weighted by Crippen LogP contribution is 1.65. The van der Waals surface area contributed by atoms with Gasteiger partial charge in [-0.15, -0.1) is 0 Å². The third kappa shape index (κ3) is 226. The summed E-state index contributed by atoms with van der Waals surface area (Å²) in [5.74, 6) is 0. The van der Waals surface area contributed by atoms with Crippen LogP contribution in [-0.4, -0.2) is 14.2 Å². The summed E-state index contributed by atoms with van der Waals surface area (Å²) in [4.78, 5) is 7.49. The van der Waals surface area contributed by atoms with Gasteiger partial charge < -0.3 is 4.80 Å². The van der Waals surface area contributed by atoms with Crippen LogP contribution in [0.1, 0.15) is 0 Å². The molecule has 1 N–H and O–H groups in total. The Balaban J connectivity index is 2.32. The van der Waals surface area contributed by atoms with Gasteiger partial charge in [0.25, 0.3) is 0 Å². The summed E-state index contributed by atoms with van der Waals surface area (Å²) in [6.45, 7) is 1.16. The largest absolute Gasteiger partial charge is 0.427 e. The second-order valence-electron chi connectivity index (χ2n) is 0.497. The van der Waals surface area contributed by atoms with Crippen molar-refractivity contribution in [2.45, 2.75) is 6.55 Å². The molecule has 0 aliphatic carbocycles. The third-order valence-corrected chi connectivity index (χ3v) is 0. The number of halogens is 1. The summed E-state index contributed by atoms with van der Waals surface area (Å²) in [5.41, 5.74) is 0. The molecule has 3 heteroatoms. The average molecular weight is 79.1 g/mol. The van der Waals surface area contributed by atoms with E-state index in [-0.39, 0.29) is 0 Å². The minimum Gasteiger partial charge on any atom is -0.407 e. The zero-order chi connectivity index (χ0) is 3.58. The van der Waals surface area contributed by atoms with E-state index in [0.717, 1.165) is 6.55 Å². The van der Waals surface area contributed by atoms with Crippen molar-refractivity contribution in [3.05, 3.63) is 0 Å². The van der Waals surface area contributed by atoms with E-state index in [9.17, 15) is 4.11 Å². The quantitative estimate of drug-likeness (QED) is 0.322. The van der Waals surface area contributed by atoms with E-state index in [0.29, 0.717) is 0 Å². The Kier molecular flexibility index (Phi) is 1.47. The molecule has 0 aromatic heterocycles. The molecule has 0 aromatic rings. The van der Waals surface area contributed by atoms with Crippen LogP contribution in [0.25, 0.3) is 0 Å². The number of rotatable bonds is 0. The third-order valence-electron chi connectivity index (χ3n) is 0. The smallest absolute Gasteiger partial charge is 0.407 e. The minimum absolute atomic E-state index is 1.16. The van der Waals surface area contributed by atoms with Crippen molar-refractivity contribution in [3.63, 3.8) is 0 Å². The Bertz CT molecular complexity index is 12.8. The van der Waals surface area contributed by atoms with Gasteiger partial charge in [0.1, 0.15) is 0 Å². The maximum Gasteiger partial charge on any atom is 0.427 e. The van der Waals surface area contributed by atoms with Gasteiger partial charge in [-0.3, -0.25) is 4.11 Å². The van der Waals surface area contributed by atoms with E-state index < -0.39 is 9.37 Å². The van der Waals surface area contributed by atoms with Crippen molar-refractivity contribution < 1.29 is 8.90 Å². The lowest BCUT2D eigenvalue weighted by molar-refractivity contribution is 0.506. The SMILES string of the molecule is C[Si](O)F. The Morgan fingerprint density at radius 2 is 2.00 bits per heavy atom. The molecule has 0 aliphatic heterocycles. The molecule has 0 aromatic carbocycles. The molecule has 25 valence electrons. The van der Waals surface area contributed by atoms with Crippen molar-refractivity contribution in [2.24, 2.45) is 0 Å². The van der Waals surface area contributed by atoms with Crippen LogP contribution >= 0.6 is 0 Å². The molecule has 0 unspecified atom stereocenters. The van der Waals surface area contributed by atoms with Crippen molar-refractivity contribution in [2.75, 3.05) is 0 Å². The normalized spacial score (nSPS) is 9.00. The highest BCUT2D eigenvalue weighted by atomic mass is 28.3. The molecule has 1 radical (unpaired) electrons. The lowest BCUT2D eigenvalue weighted by Crippen LogP contribution is -1.90. The minimum atomic E-state index is -2.38. The summed E-state index contributed by atoms with van der Waals surface area (Å²) >= 11 is 0. The fraction of sp³-hybridized carbons (Fsp3) is 1.00. The molecular weight excluding hydrogens is 75.1 g/mol. The molecule has 1 nitrogen and oxygen atoms in total. The van der Waals surface area contributed by atoms with E-state index in [1.807, 2.05) is 0 Å².